The van der Waals surface area contributed by atoms with Gasteiger partial charge < -0.3 is 23.9 Å². The summed E-state index contributed by atoms with van der Waals surface area (Å²) >= 11 is 0. The Morgan fingerprint density at radius 1 is 1.00 bits per heavy atom. The first-order chi connectivity index (χ1) is 13.7. The fourth-order valence-electron chi connectivity index (χ4n) is 2.68. The lowest BCUT2D eigenvalue weighted by Gasteiger charge is -2.07. The molecule has 142 valence electrons. The van der Waals surface area contributed by atoms with E-state index in [1.54, 1.807) is 12.1 Å². The van der Waals surface area contributed by atoms with Crippen molar-refractivity contribution in [2.75, 3.05) is 6.79 Å². The Morgan fingerprint density at radius 3 is 2.64 bits per heavy atom. The summed E-state index contributed by atoms with van der Waals surface area (Å²) in [4.78, 5) is 24.4. The molecule has 0 radical (unpaired) electrons. The maximum absolute atomic E-state index is 12.3. The fraction of sp³-hybridized carbons (Fsp3) is 0.143. The van der Waals surface area contributed by atoms with Crippen molar-refractivity contribution in [1.29, 1.82) is 0 Å². The highest BCUT2D eigenvalue weighted by atomic mass is 16.7. The van der Waals surface area contributed by atoms with E-state index in [1.807, 2.05) is 36.4 Å². The highest BCUT2D eigenvalue weighted by Crippen LogP contribution is 2.32. The molecule has 0 saturated heterocycles. The minimum absolute atomic E-state index is 0.0520. The molecule has 4 rings (SSSR count). The van der Waals surface area contributed by atoms with Gasteiger partial charge in [-0.25, -0.2) is 0 Å². The minimum Gasteiger partial charge on any atom is -0.482 e. The van der Waals surface area contributed by atoms with E-state index >= 15 is 0 Å². The summed E-state index contributed by atoms with van der Waals surface area (Å²) in [5.41, 5.74) is 1.34. The van der Waals surface area contributed by atoms with Crippen LogP contribution in [0.25, 0.3) is 0 Å². The van der Waals surface area contributed by atoms with Crippen LogP contribution in [0.5, 0.6) is 17.2 Å². The van der Waals surface area contributed by atoms with Crippen LogP contribution in [0.15, 0.2) is 70.1 Å². The molecule has 1 aliphatic heterocycles. The van der Waals surface area contributed by atoms with Crippen LogP contribution in [0.2, 0.25) is 0 Å². The van der Waals surface area contributed by atoms with Gasteiger partial charge >= 0.3 is 0 Å². The maximum atomic E-state index is 12.3. The van der Waals surface area contributed by atoms with E-state index < -0.39 is 11.3 Å². The summed E-state index contributed by atoms with van der Waals surface area (Å²) in [7, 11) is 0. The summed E-state index contributed by atoms with van der Waals surface area (Å²) in [6.07, 6.45) is 1.15. The quantitative estimate of drug-likeness (QED) is 0.709. The van der Waals surface area contributed by atoms with Gasteiger partial charge in [-0.3, -0.25) is 9.59 Å². The lowest BCUT2D eigenvalue weighted by atomic mass is 10.2. The van der Waals surface area contributed by atoms with Crippen LogP contribution in [0.4, 0.5) is 0 Å². The third kappa shape index (κ3) is 3.98. The van der Waals surface area contributed by atoms with E-state index in [4.69, 9.17) is 18.6 Å². The van der Waals surface area contributed by atoms with Gasteiger partial charge in [0.2, 0.25) is 18.0 Å². The zero-order chi connectivity index (χ0) is 19.3. The van der Waals surface area contributed by atoms with Crippen molar-refractivity contribution in [3.8, 4) is 17.2 Å². The largest absolute Gasteiger partial charge is 0.482 e. The molecular formula is C21H17NO6. The van der Waals surface area contributed by atoms with Crippen molar-refractivity contribution < 1.29 is 23.4 Å². The normalized spacial score (nSPS) is 11.9. The first-order valence-corrected chi connectivity index (χ1v) is 8.65. The number of rotatable bonds is 6. The Hall–Kier alpha value is -3.74. The molecule has 2 aromatic carbocycles. The molecule has 0 unspecified atom stereocenters. The van der Waals surface area contributed by atoms with Crippen LogP contribution in [0.1, 0.15) is 21.7 Å². The van der Waals surface area contributed by atoms with Gasteiger partial charge in [0.15, 0.2) is 17.3 Å². The molecular weight excluding hydrogens is 362 g/mol. The molecule has 0 atom stereocenters. The molecule has 1 aromatic heterocycles. The average molecular weight is 379 g/mol. The predicted octanol–water partition coefficient (Wildman–Crippen LogP) is 2.88. The Morgan fingerprint density at radius 2 is 1.82 bits per heavy atom. The Labute approximate surface area is 160 Å². The number of fused-ring (bicyclic) bond motifs is 1. The van der Waals surface area contributed by atoms with Crippen molar-refractivity contribution in [2.24, 2.45) is 0 Å². The summed E-state index contributed by atoms with van der Waals surface area (Å²) in [5.74, 6) is 0.781. The molecule has 1 N–H and O–H groups in total. The van der Waals surface area contributed by atoms with E-state index in [9.17, 15) is 9.59 Å². The van der Waals surface area contributed by atoms with E-state index in [-0.39, 0.29) is 31.5 Å². The number of ether oxygens (including phenoxy) is 3. The van der Waals surface area contributed by atoms with E-state index in [0.29, 0.717) is 11.5 Å². The summed E-state index contributed by atoms with van der Waals surface area (Å²) in [6.45, 7) is 0.682. The molecule has 0 aliphatic carbocycles. The molecule has 7 heteroatoms. The summed E-state index contributed by atoms with van der Waals surface area (Å²) < 4.78 is 21.3. The number of amides is 1. The second-order valence-electron chi connectivity index (χ2n) is 6.12. The van der Waals surface area contributed by atoms with Crippen molar-refractivity contribution in [2.45, 2.75) is 13.2 Å². The van der Waals surface area contributed by atoms with Crippen LogP contribution in [0.3, 0.4) is 0 Å². The number of carbonyl (C=O) groups is 1. The third-order valence-electron chi connectivity index (χ3n) is 4.15. The van der Waals surface area contributed by atoms with Crippen LogP contribution >= 0.6 is 0 Å². The number of nitrogens with one attached hydrogen (secondary N) is 1. The third-order valence-corrected chi connectivity index (χ3v) is 4.15. The topological polar surface area (TPSA) is 87.0 Å². The fourth-order valence-corrected chi connectivity index (χ4v) is 2.68. The van der Waals surface area contributed by atoms with E-state index in [1.165, 1.54) is 0 Å². The zero-order valence-electron chi connectivity index (χ0n) is 14.8. The second kappa shape index (κ2) is 7.87. The van der Waals surface area contributed by atoms with Crippen molar-refractivity contribution in [1.82, 2.24) is 5.32 Å². The summed E-state index contributed by atoms with van der Waals surface area (Å²) in [5, 5.41) is 2.70. The number of carbonyl (C=O) groups excluding carboxylic acids is 1. The molecule has 0 saturated carbocycles. The molecule has 3 aromatic rings. The van der Waals surface area contributed by atoms with Crippen LogP contribution in [-0.4, -0.2) is 12.7 Å². The minimum atomic E-state index is -0.496. The number of hydrogen-bond acceptors (Lipinski definition) is 6. The number of hydrogen-bond donors (Lipinski definition) is 1. The molecule has 0 spiro atoms. The second-order valence-corrected chi connectivity index (χ2v) is 6.12. The zero-order valence-corrected chi connectivity index (χ0v) is 14.8. The van der Waals surface area contributed by atoms with Crippen LogP contribution in [-0.2, 0) is 13.2 Å². The highest BCUT2D eigenvalue weighted by Gasteiger charge is 2.15. The maximum Gasteiger partial charge on any atom is 0.287 e. The molecule has 0 bridgehead atoms. The summed E-state index contributed by atoms with van der Waals surface area (Å²) in [6, 6.07) is 16.0. The Kier molecular flexibility index (Phi) is 4.97. The van der Waals surface area contributed by atoms with Crippen molar-refractivity contribution >= 4 is 5.91 Å². The standard InChI is InChI=1S/C21H17NO6/c23-16-9-19(26-12-20(16)25-11-14-4-2-1-3-5-14)21(24)22-10-15-6-7-17-18(8-15)28-13-27-17/h1-9,12H,10-11,13H2,(H,22,24). The van der Waals surface area contributed by atoms with Gasteiger partial charge in [0.05, 0.1) is 0 Å². The van der Waals surface area contributed by atoms with Gasteiger partial charge in [-0.05, 0) is 23.3 Å². The lowest BCUT2D eigenvalue weighted by Crippen LogP contribution is -2.24. The van der Waals surface area contributed by atoms with E-state index in [2.05, 4.69) is 5.32 Å². The molecule has 7 nitrogen and oxygen atoms in total. The van der Waals surface area contributed by atoms with Gasteiger partial charge in [0, 0.05) is 12.6 Å². The molecule has 28 heavy (non-hydrogen) atoms. The van der Waals surface area contributed by atoms with Crippen LogP contribution in [0, 0.1) is 0 Å². The van der Waals surface area contributed by atoms with Gasteiger partial charge in [0.1, 0.15) is 12.9 Å². The van der Waals surface area contributed by atoms with E-state index in [0.717, 1.165) is 23.5 Å². The van der Waals surface area contributed by atoms with Gasteiger partial charge in [-0.15, -0.1) is 0 Å². The Bertz CT molecular complexity index is 1040. The average Bonchev–Trinajstić information content (AvgIpc) is 3.19. The highest BCUT2D eigenvalue weighted by molar-refractivity contribution is 5.91. The monoisotopic (exact) mass is 379 g/mol. The first kappa shape index (κ1) is 17.7. The van der Waals surface area contributed by atoms with Crippen molar-refractivity contribution in [3.63, 3.8) is 0 Å². The van der Waals surface area contributed by atoms with Gasteiger partial charge in [-0.2, -0.15) is 0 Å². The van der Waals surface area contributed by atoms with Crippen LogP contribution < -0.4 is 25.0 Å². The smallest absolute Gasteiger partial charge is 0.287 e. The van der Waals surface area contributed by atoms with Gasteiger partial charge in [0.25, 0.3) is 5.91 Å². The van der Waals surface area contributed by atoms with Gasteiger partial charge in [-0.1, -0.05) is 36.4 Å². The Balaban J connectivity index is 1.36. The van der Waals surface area contributed by atoms with Crippen molar-refractivity contribution in [3.05, 3.63) is 88.0 Å². The molecule has 1 amide bonds. The molecule has 1 aliphatic rings. The predicted molar refractivity (Wildman–Crippen MR) is 99.5 cm³/mol. The first-order valence-electron chi connectivity index (χ1n) is 8.65. The lowest BCUT2D eigenvalue weighted by molar-refractivity contribution is 0.0919. The molecule has 2 heterocycles. The SMILES string of the molecule is O=C(NCc1ccc2c(c1)OCO2)c1cc(=O)c(OCc2ccccc2)co1. The molecule has 0 fully saturated rings. The number of benzene rings is 2.